The van der Waals surface area contributed by atoms with Crippen molar-refractivity contribution < 1.29 is 23.0 Å². The first kappa shape index (κ1) is 13.4. The minimum absolute atomic E-state index is 0.101. The molecule has 1 rings (SSSR count). The maximum absolute atomic E-state index is 13.5. The molecule has 0 amide bonds. The average molecular weight is 244 g/mol. The van der Waals surface area contributed by atoms with Crippen LogP contribution in [0.1, 0.15) is 31.1 Å². The summed E-state index contributed by atoms with van der Waals surface area (Å²) in [5.74, 6) is -3.53. The van der Waals surface area contributed by atoms with Crippen molar-refractivity contribution in [3.05, 3.63) is 29.3 Å². The summed E-state index contributed by atoms with van der Waals surface area (Å²) in [6, 6.07) is 2.36. The number of ether oxygens (including phenoxy) is 2. The van der Waals surface area contributed by atoms with Gasteiger partial charge in [-0.2, -0.15) is 4.39 Å². The van der Waals surface area contributed by atoms with Crippen molar-refractivity contribution in [1.29, 1.82) is 0 Å². The second-order valence-corrected chi connectivity index (χ2v) is 3.63. The first-order valence-corrected chi connectivity index (χ1v) is 5.29. The first-order chi connectivity index (χ1) is 7.97. The molecule has 0 saturated carbocycles. The molecule has 0 saturated heterocycles. The number of carbonyl (C=O) groups is 1. The Morgan fingerprint density at radius 2 is 1.94 bits per heavy atom. The number of rotatable bonds is 4. The number of hydrogen-bond donors (Lipinski definition) is 0. The van der Waals surface area contributed by atoms with E-state index >= 15 is 0 Å². The van der Waals surface area contributed by atoms with Gasteiger partial charge in [0.1, 0.15) is 0 Å². The molecule has 0 aromatic heterocycles. The lowest BCUT2D eigenvalue weighted by atomic mass is 10.2. The van der Waals surface area contributed by atoms with Crippen LogP contribution in [0.4, 0.5) is 8.78 Å². The van der Waals surface area contributed by atoms with Crippen molar-refractivity contribution in [2.24, 2.45) is 0 Å². The molecule has 94 valence electrons. The lowest BCUT2D eigenvalue weighted by Crippen LogP contribution is -2.12. The zero-order valence-electron chi connectivity index (χ0n) is 9.92. The molecular weight excluding hydrogens is 230 g/mol. The fourth-order valence-electron chi connectivity index (χ4n) is 1.24. The Kier molecular flexibility index (Phi) is 4.43. The summed E-state index contributed by atoms with van der Waals surface area (Å²) in [6.45, 7) is 5.07. The fraction of sp³-hybridized carbons (Fsp3) is 0.417. The summed E-state index contributed by atoms with van der Waals surface area (Å²) in [4.78, 5) is 11.3. The number of hydrogen-bond acceptors (Lipinski definition) is 3. The zero-order valence-corrected chi connectivity index (χ0v) is 9.92. The molecule has 0 N–H and O–H groups in total. The molecule has 0 heterocycles. The zero-order chi connectivity index (χ0) is 13.0. The smallest absolute Gasteiger partial charge is 0.341 e. The molecule has 0 aliphatic carbocycles. The Bertz CT molecular complexity index is 416. The van der Waals surface area contributed by atoms with E-state index < -0.39 is 23.2 Å². The summed E-state index contributed by atoms with van der Waals surface area (Å²) in [7, 11) is 0. The van der Waals surface area contributed by atoms with Gasteiger partial charge in [0.05, 0.1) is 18.3 Å². The fourth-order valence-corrected chi connectivity index (χ4v) is 1.24. The Hall–Kier alpha value is -1.65. The van der Waals surface area contributed by atoms with Gasteiger partial charge in [-0.25, -0.2) is 9.18 Å². The quantitative estimate of drug-likeness (QED) is 0.764. The largest absolute Gasteiger partial charge is 0.488 e. The van der Waals surface area contributed by atoms with Crippen molar-refractivity contribution in [2.45, 2.75) is 26.9 Å². The Labute approximate surface area is 98.3 Å². The highest BCUT2D eigenvalue weighted by molar-refractivity contribution is 5.89. The van der Waals surface area contributed by atoms with E-state index in [1.165, 1.54) is 6.07 Å². The highest BCUT2D eigenvalue weighted by atomic mass is 19.2. The SMILES string of the molecule is CCOC(=O)c1ccc(OC(C)C)c(F)c1F. The van der Waals surface area contributed by atoms with Crippen LogP contribution in [0.2, 0.25) is 0 Å². The number of carbonyl (C=O) groups excluding carboxylic acids is 1. The van der Waals surface area contributed by atoms with Gasteiger partial charge in [-0.05, 0) is 32.9 Å². The van der Waals surface area contributed by atoms with Crippen LogP contribution in [0, 0.1) is 11.6 Å². The Balaban J connectivity index is 3.06. The first-order valence-electron chi connectivity index (χ1n) is 5.29. The predicted molar refractivity (Wildman–Crippen MR) is 58.1 cm³/mol. The van der Waals surface area contributed by atoms with Gasteiger partial charge >= 0.3 is 5.97 Å². The van der Waals surface area contributed by atoms with Gasteiger partial charge in [-0.1, -0.05) is 0 Å². The Morgan fingerprint density at radius 1 is 1.29 bits per heavy atom. The van der Waals surface area contributed by atoms with Crippen molar-refractivity contribution in [1.82, 2.24) is 0 Å². The minimum Gasteiger partial charge on any atom is -0.488 e. The molecule has 1 aromatic carbocycles. The number of benzene rings is 1. The molecule has 0 spiro atoms. The van der Waals surface area contributed by atoms with Crippen LogP contribution in [-0.2, 0) is 4.74 Å². The van der Waals surface area contributed by atoms with Crippen molar-refractivity contribution >= 4 is 5.97 Å². The summed E-state index contributed by atoms with van der Waals surface area (Å²) in [5, 5.41) is 0. The number of esters is 1. The molecular formula is C12H14F2O3. The van der Waals surface area contributed by atoms with E-state index in [0.717, 1.165) is 6.07 Å². The van der Waals surface area contributed by atoms with E-state index in [1.54, 1.807) is 20.8 Å². The minimum atomic E-state index is -1.25. The van der Waals surface area contributed by atoms with Crippen LogP contribution in [0.25, 0.3) is 0 Å². The van der Waals surface area contributed by atoms with Crippen LogP contribution in [0.15, 0.2) is 12.1 Å². The van der Waals surface area contributed by atoms with Gasteiger partial charge in [-0.15, -0.1) is 0 Å². The summed E-state index contributed by atoms with van der Waals surface area (Å²) < 4.78 is 36.7. The van der Waals surface area contributed by atoms with E-state index in [4.69, 9.17) is 4.74 Å². The molecule has 0 aliphatic heterocycles. The van der Waals surface area contributed by atoms with E-state index in [0.29, 0.717) is 0 Å². The van der Waals surface area contributed by atoms with Crippen molar-refractivity contribution in [3.63, 3.8) is 0 Å². The highest BCUT2D eigenvalue weighted by Gasteiger charge is 2.20. The molecule has 0 fully saturated rings. The second-order valence-electron chi connectivity index (χ2n) is 3.63. The standard InChI is InChI=1S/C12H14F2O3/c1-4-16-12(15)8-5-6-9(17-7(2)3)11(14)10(8)13/h5-7H,4H2,1-3H3. The topological polar surface area (TPSA) is 35.5 Å². The predicted octanol–water partition coefficient (Wildman–Crippen LogP) is 2.93. The molecule has 0 radical (unpaired) electrons. The highest BCUT2D eigenvalue weighted by Crippen LogP contribution is 2.24. The third-order valence-electron chi connectivity index (χ3n) is 1.90. The van der Waals surface area contributed by atoms with Crippen molar-refractivity contribution in [3.8, 4) is 5.75 Å². The molecule has 0 atom stereocenters. The molecule has 3 nitrogen and oxygen atoms in total. The maximum Gasteiger partial charge on any atom is 0.341 e. The maximum atomic E-state index is 13.5. The van der Waals surface area contributed by atoms with Crippen molar-refractivity contribution in [2.75, 3.05) is 6.61 Å². The molecule has 0 unspecified atom stereocenters. The second kappa shape index (κ2) is 5.61. The molecule has 0 bridgehead atoms. The van der Waals surface area contributed by atoms with Gasteiger partial charge < -0.3 is 9.47 Å². The van der Waals surface area contributed by atoms with Crippen LogP contribution >= 0.6 is 0 Å². The lowest BCUT2D eigenvalue weighted by Gasteiger charge is -2.12. The average Bonchev–Trinajstić information content (AvgIpc) is 2.24. The third-order valence-corrected chi connectivity index (χ3v) is 1.90. The summed E-state index contributed by atoms with van der Waals surface area (Å²) >= 11 is 0. The van der Waals surface area contributed by atoms with E-state index in [2.05, 4.69) is 4.74 Å². The number of halogens is 2. The van der Waals surface area contributed by atoms with E-state index in [9.17, 15) is 13.6 Å². The van der Waals surface area contributed by atoms with Gasteiger partial charge in [0.25, 0.3) is 0 Å². The molecule has 5 heteroatoms. The molecule has 0 aliphatic rings. The van der Waals surface area contributed by atoms with Gasteiger partial charge in [0.2, 0.25) is 5.82 Å². The third kappa shape index (κ3) is 3.15. The normalized spacial score (nSPS) is 10.5. The van der Waals surface area contributed by atoms with E-state index in [-0.39, 0.29) is 18.5 Å². The summed E-state index contributed by atoms with van der Waals surface area (Å²) in [5.41, 5.74) is -0.430. The molecule has 1 aromatic rings. The van der Waals surface area contributed by atoms with Crippen LogP contribution in [-0.4, -0.2) is 18.7 Å². The Morgan fingerprint density at radius 3 is 2.47 bits per heavy atom. The summed E-state index contributed by atoms with van der Waals surface area (Å²) in [6.07, 6.45) is -0.280. The van der Waals surface area contributed by atoms with Gasteiger partial charge in [0, 0.05) is 0 Å². The monoisotopic (exact) mass is 244 g/mol. The van der Waals surface area contributed by atoms with Crippen LogP contribution < -0.4 is 4.74 Å². The van der Waals surface area contributed by atoms with E-state index in [1.807, 2.05) is 0 Å². The van der Waals surface area contributed by atoms with Gasteiger partial charge in [0.15, 0.2) is 11.6 Å². The van der Waals surface area contributed by atoms with Crippen LogP contribution in [0.3, 0.4) is 0 Å². The molecule has 17 heavy (non-hydrogen) atoms. The van der Waals surface area contributed by atoms with Gasteiger partial charge in [-0.3, -0.25) is 0 Å². The lowest BCUT2D eigenvalue weighted by molar-refractivity contribution is 0.0519. The van der Waals surface area contributed by atoms with Crippen LogP contribution in [0.5, 0.6) is 5.75 Å².